The molecule has 0 bridgehead atoms. The highest BCUT2D eigenvalue weighted by atomic mass is 19.1. The first-order valence-electron chi connectivity index (χ1n) is 8.32. The summed E-state index contributed by atoms with van der Waals surface area (Å²) in [6, 6.07) is 14.7. The molecule has 0 fully saturated rings. The van der Waals surface area contributed by atoms with E-state index >= 15 is 0 Å². The van der Waals surface area contributed by atoms with E-state index in [2.05, 4.69) is 80.4 Å². The summed E-state index contributed by atoms with van der Waals surface area (Å²) in [4.78, 5) is 0. The second-order valence-corrected chi connectivity index (χ2v) is 5.89. The Morgan fingerprint density at radius 2 is 1.84 bits per heavy atom. The molecular formula is C23H24FN. The van der Waals surface area contributed by atoms with Gasteiger partial charge in [-0.05, 0) is 48.8 Å². The van der Waals surface area contributed by atoms with Crippen molar-refractivity contribution in [3.63, 3.8) is 0 Å². The van der Waals surface area contributed by atoms with Gasteiger partial charge in [-0.3, -0.25) is 0 Å². The Kier molecular flexibility index (Phi) is 6.97. The molecule has 2 rings (SSSR count). The molecule has 2 aromatic carbocycles. The van der Waals surface area contributed by atoms with E-state index in [-0.39, 0.29) is 5.83 Å². The lowest BCUT2D eigenvalue weighted by Crippen LogP contribution is -2.00. The molecule has 0 radical (unpaired) electrons. The smallest absolute Gasteiger partial charge is 0.122 e. The van der Waals surface area contributed by atoms with Crippen LogP contribution in [-0.4, -0.2) is 6.54 Å². The van der Waals surface area contributed by atoms with E-state index in [1.165, 1.54) is 29.4 Å². The van der Waals surface area contributed by atoms with Crippen LogP contribution >= 0.6 is 0 Å². The molecule has 0 saturated heterocycles. The van der Waals surface area contributed by atoms with Gasteiger partial charge in [-0.2, -0.15) is 0 Å². The minimum absolute atomic E-state index is 0.302. The van der Waals surface area contributed by atoms with Crippen LogP contribution in [0.15, 0.2) is 79.2 Å². The fraction of sp³-hybridized carbons (Fsp3) is 0.130. The summed E-state index contributed by atoms with van der Waals surface area (Å²) in [5, 5.41) is 3.32. The summed E-state index contributed by atoms with van der Waals surface area (Å²) < 4.78 is 13.2. The van der Waals surface area contributed by atoms with Gasteiger partial charge in [0, 0.05) is 12.2 Å². The zero-order valence-corrected chi connectivity index (χ0v) is 14.8. The molecule has 0 aliphatic carbocycles. The Hall–Kier alpha value is -2.87. The van der Waals surface area contributed by atoms with Crippen molar-refractivity contribution in [2.45, 2.75) is 13.8 Å². The number of benzene rings is 2. The quantitative estimate of drug-likeness (QED) is 0.451. The van der Waals surface area contributed by atoms with Crippen LogP contribution in [-0.2, 0) is 0 Å². The third kappa shape index (κ3) is 6.27. The molecule has 0 heterocycles. The highest BCUT2D eigenvalue weighted by Crippen LogP contribution is 2.19. The molecule has 0 spiro atoms. The van der Waals surface area contributed by atoms with Gasteiger partial charge >= 0.3 is 0 Å². The van der Waals surface area contributed by atoms with Crippen molar-refractivity contribution in [1.29, 1.82) is 0 Å². The first-order valence-corrected chi connectivity index (χ1v) is 8.32. The molecule has 0 aromatic heterocycles. The predicted octanol–water partition coefficient (Wildman–Crippen LogP) is 6.48. The molecule has 1 nitrogen and oxygen atoms in total. The summed E-state index contributed by atoms with van der Waals surface area (Å²) in [6.45, 7) is 8.17. The Labute approximate surface area is 149 Å². The summed E-state index contributed by atoms with van der Waals surface area (Å²) in [5.74, 6) is -0.302. The average Bonchev–Trinajstić information content (AvgIpc) is 2.59. The normalized spacial score (nSPS) is 12.0. The Morgan fingerprint density at radius 1 is 1.08 bits per heavy atom. The summed E-state index contributed by atoms with van der Waals surface area (Å²) in [7, 11) is 0. The van der Waals surface area contributed by atoms with Gasteiger partial charge in [-0.25, -0.2) is 4.39 Å². The maximum atomic E-state index is 13.2. The monoisotopic (exact) mass is 333 g/mol. The molecule has 128 valence electrons. The predicted molar refractivity (Wildman–Crippen MR) is 108 cm³/mol. The second kappa shape index (κ2) is 9.43. The molecule has 0 aliphatic heterocycles. The minimum Gasteiger partial charge on any atom is -0.381 e. The lowest BCUT2D eigenvalue weighted by atomic mass is 10.1. The van der Waals surface area contributed by atoms with Gasteiger partial charge in [0.15, 0.2) is 0 Å². The average molecular weight is 333 g/mol. The van der Waals surface area contributed by atoms with Gasteiger partial charge in [0.2, 0.25) is 0 Å². The molecule has 0 aliphatic rings. The van der Waals surface area contributed by atoms with Crippen LogP contribution in [0.2, 0.25) is 0 Å². The zero-order chi connectivity index (χ0) is 18.1. The molecule has 0 saturated carbocycles. The molecule has 0 unspecified atom stereocenters. The SMILES string of the molecule is C=C/C=C(F)\C=C/CNc1cc(/C=C/c2cccc(C)c2)ccc1C. The fourth-order valence-corrected chi connectivity index (χ4v) is 2.41. The topological polar surface area (TPSA) is 12.0 Å². The Morgan fingerprint density at radius 3 is 2.56 bits per heavy atom. The molecule has 2 aromatic rings. The van der Waals surface area contributed by atoms with Crippen LogP contribution in [0, 0.1) is 13.8 Å². The number of nitrogens with one attached hydrogen (secondary N) is 1. The van der Waals surface area contributed by atoms with Crippen LogP contribution in [0.4, 0.5) is 10.1 Å². The third-order valence-electron chi connectivity index (χ3n) is 3.74. The summed E-state index contributed by atoms with van der Waals surface area (Å²) in [5.41, 5.74) is 5.75. The van der Waals surface area contributed by atoms with Crippen molar-refractivity contribution in [2.75, 3.05) is 11.9 Å². The van der Waals surface area contributed by atoms with Crippen molar-refractivity contribution in [3.05, 3.63) is 101 Å². The standard InChI is InChI=1S/C23H24FN/c1-4-7-22(24)10-6-15-25-23-17-21(12-11-19(23)3)14-13-20-9-5-8-18(2)16-20/h4-14,16-17,25H,1,15H2,2-3H3/b10-6-,14-13+,22-7+. The number of hydrogen-bond acceptors (Lipinski definition) is 1. The lowest BCUT2D eigenvalue weighted by Gasteiger charge is -2.08. The van der Waals surface area contributed by atoms with E-state index in [1.807, 2.05) is 0 Å². The largest absolute Gasteiger partial charge is 0.381 e. The van der Waals surface area contributed by atoms with Crippen LogP contribution in [0.25, 0.3) is 12.2 Å². The van der Waals surface area contributed by atoms with E-state index in [9.17, 15) is 4.39 Å². The van der Waals surface area contributed by atoms with E-state index in [1.54, 1.807) is 6.08 Å². The third-order valence-corrected chi connectivity index (χ3v) is 3.74. The van der Waals surface area contributed by atoms with Gasteiger partial charge in [-0.1, -0.05) is 72.8 Å². The number of aryl methyl sites for hydroxylation is 2. The second-order valence-electron chi connectivity index (χ2n) is 5.89. The number of hydrogen-bond donors (Lipinski definition) is 1. The summed E-state index contributed by atoms with van der Waals surface area (Å²) >= 11 is 0. The fourth-order valence-electron chi connectivity index (χ4n) is 2.41. The zero-order valence-electron chi connectivity index (χ0n) is 14.8. The van der Waals surface area contributed by atoms with Crippen LogP contribution < -0.4 is 5.32 Å². The lowest BCUT2D eigenvalue weighted by molar-refractivity contribution is 0.667. The maximum absolute atomic E-state index is 13.2. The molecule has 1 N–H and O–H groups in total. The van der Waals surface area contributed by atoms with Crippen molar-refractivity contribution < 1.29 is 4.39 Å². The van der Waals surface area contributed by atoms with Gasteiger partial charge in [0.25, 0.3) is 0 Å². The Bertz CT molecular complexity index is 813. The first-order chi connectivity index (χ1) is 12.1. The van der Waals surface area contributed by atoms with E-state index in [0.717, 1.165) is 16.8 Å². The molecule has 25 heavy (non-hydrogen) atoms. The van der Waals surface area contributed by atoms with Crippen molar-refractivity contribution in [1.82, 2.24) is 0 Å². The van der Waals surface area contributed by atoms with E-state index in [4.69, 9.17) is 0 Å². The Balaban J connectivity index is 2.04. The van der Waals surface area contributed by atoms with E-state index in [0.29, 0.717) is 6.54 Å². The van der Waals surface area contributed by atoms with Gasteiger partial charge < -0.3 is 5.32 Å². The highest BCUT2D eigenvalue weighted by Gasteiger charge is 1.98. The highest BCUT2D eigenvalue weighted by molar-refractivity contribution is 5.72. The van der Waals surface area contributed by atoms with Gasteiger partial charge in [0.1, 0.15) is 5.83 Å². The van der Waals surface area contributed by atoms with Crippen molar-refractivity contribution >= 4 is 17.8 Å². The number of rotatable bonds is 7. The molecule has 0 amide bonds. The minimum atomic E-state index is -0.302. The van der Waals surface area contributed by atoms with Gasteiger partial charge in [-0.15, -0.1) is 0 Å². The van der Waals surface area contributed by atoms with Crippen molar-refractivity contribution in [2.24, 2.45) is 0 Å². The molecule has 2 heteroatoms. The van der Waals surface area contributed by atoms with Crippen LogP contribution in [0.1, 0.15) is 22.3 Å². The summed E-state index contributed by atoms with van der Waals surface area (Å²) in [6.07, 6.45) is 10.2. The first kappa shape index (κ1) is 18.5. The van der Waals surface area contributed by atoms with Crippen LogP contribution in [0.5, 0.6) is 0 Å². The molecular weight excluding hydrogens is 309 g/mol. The van der Waals surface area contributed by atoms with Gasteiger partial charge in [0.05, 0.1) is 0 Å². The molecule has 0 atom stereocenters. The number of halogens is 1. The van der Waals surface area contributed by atoms with Crippen molar-refractivity contribution in [3.8, 4) is 0 Å². The number of allylic oxidation sites excluding steroid dienone is 4. The van der Waals surface area contributed by atoms with E-state index < -0.39 is 0 Å². The number of anilines is 1. The maximum Gasteiger partial charge on any atom is 0.122 e. The van der Waals surface area contributed by atoms with Crippen LogP contribution in [0.3, 0.4) is 0 Å².